The van der Waals surface area contributed by atoms with Crippen molar-refractivity contribution in [2.45, 2.75) is 90.9 Å². The molecular formula is C16H35O3Sn2. The summed E-state index contributed by atoms with van der Waals surface area (Å²) >= 11 is -4.96. The Balaban J connectivity index is 4.91. The molecule has 0 saturated carbocycles. The topological polar surface area (TPSA) is 35.5 Å². The van der Waals surface area contributed by atoms with Crippen LogP contribution in [0.5, 0.6) is 0 Å². The van der Waals surface area contributed by atoms with Crippen LogP contribution in [-0.4, -0.2) is 45.3 Å². The van der Waals surface area contributed by atoms with Crippen LogP contribution in [0.15, 0.2) is 0 Å². The zero-order valence-electron chi connectivity index (χ0n) is 14.8. The van der Waals surface area contributed by atoms with Crippen molar-refractivity contribution < 1.29 is 9.28 Å². The number of hydrogen-bond donors (Lipinski definition) is 0. The minimum absolute atomic E-state index is 0.110. The first-order valence-corrected chi connectivity index (χ1v) is 20.3. The Hall–Kier alpha value is 1.03. The summed E-state index contributed by atoms with van der Waals surface area (Å²) < 4.78 is 17.4. The molecule has 0 aliphatic rings. The molecular weight excluding hydrogens is 478 g/mol. The fourth-order valence-corrected chi connectivity index (χ4v) is 36.2. The Labute approximate surface area is 144 Å². The van der Waals surface area contributed by atoms with E-state index in [1.807, 2.05) is 0 Å². The molecule has 0 aromatic heterocycles. The van der Waals surface area contributed by atoms with Gasteiger partial charge in [-0.1, -0.05) is 0 Å². The summed E-state index contributed by atoms with van der Waals surface area (Å²) in [5.41, 5.74) is 0. The maximum atomic E-state index is 11.6. The van der Waals surface area contributed by atoms with E-state index in [4.69, 9.17) is 4.49 Å². The SMILES string of the molecule is CCC[CH2][Sn]([CH2]CCC)[O][Sn]([CH2]CC)([CH2]CC)[O]C(C)=O. The van der Waals surface area contributed by atoms with Crippen molar-refractivity contribution in [3.8, 4) is 0 Å². The van der Waals surface area contributed by atoms with Crippen molar-refractivity contribution >= 4 is 45.3 Å². The first-order chi connectivity index (χ1) is 10.0. The van der Waals surface area contributed by atoms with Crippen LogP contribution < -0.4 is 0 Å². The van der Waals surface area contributed by atoms with E-state index in [9.17, 15) is 4.79 Å². The Kier molecular flexibility index (Phi) is 14.1. The molecule has 0 aromatic carbocycles. The van der Waals surface area contributed by atoms with Gasteiger partial charge in [-0.05, 0) is 0 Å². The maximum absolute atomic E-state index is 11.6. The molecule has 0 atom stereocenters. The van der Waals surface area contributed by atoms with Crippen molar-refractivity contribution in [1.29, 1.82) is 0 Å². The number of carbonyl (C=O) groups excluding carboxylic acids is 1. The summed E-state index contributed by atoms with van der Waals surface area (Å²) in [6.07, 6.45) is 7.24. The monoisotopic (exact) mass is 515 g/mol. The molecule has 0 rings (SSSR count). The summed E-state index contributed by atoms with van der Waals surface area (Å²) in [5, 5.41) is 0. The van der Waals surface area contributed by atoms with Gasteiger partial charge in [0.2, 0.25) is 0 Å². The normalized spacial score (nSPS) is 11.9. The molecule has 5 heteroatoms. The molecule has 1 radical (unpaired) electrons. The van der Waals surface area contributed by atoms with E-state index in [0.29, 0.717) is 0 Å². The molecule has 21 heavy (non-hydrogen) atoms. The van der Waals surface area contributed by atoms with E-state index in [-0.39, 0.29) is 5.97 Å². The molecule has 0 aliphatic carbocycles. The molecule has 0 unspecified atom stereocenters. The first kappa shape index (κ1) is 22.0. The van der Waals surface area contributed by atoms with Crippen LogP contribution in [0.3, 0.4) is 0 Å². The van der Waals surface area contributed by atoms with E-state index in [1.54, 1.807) is 6.92 Å². The summed E-state index contributed by atoms with van der Waals surface area (Å²) in [6.45, 7) is 10.4. The fraction of sp³-hybridized carbons (Fsp3) is 0.938. The van der Waals surface area contributed by atoms with E-state index in [2.05, 4.69) is 27.7 Å². The standard InChI is InChI=1S/2C4H9.2C3H7.C2H4O2.O.2Sn/c2*1-3-4-2;2*1-3-2;1-2(3)4;;;/h2*1,3-4H2,2H3;2*1,3H2,2H3;1H3,(H,3,4);;;/q;;;;;;;+1/p-1. The Morgan fingerprint density at radius 3 is 1.71 bits per heavy atom. The Morgan fingerprint density at radius 2 is 1.38 bits per heavy atom. The van der Waals surface area contributed by atoms with Crippen molar-refractivity contribution in [2.75, 3.05) is 0 Å². The van der Waals surface area contributed by atoms with Gasteiger partial charge in [0.25, 0.3) is 0 Å². The summed E-state index contributed by atoms with van der Waals surface area (Å²) in [4.78, 5) is 11.6. The van der Waals surface area contributed by atoms with Crippen molar-refractivity contribution in [3.05, 3.63) is 0 Å². The second-order valence-corrected chi connectivity index (χ2v) is 24.9. The zero-order chi connectivity index (χ0) is 16.1. The van der Waals surface area contributed by atoms with Gasteiger partial charge in [-0.3, -0.25) is 0 Å². The van der Waals surface area contributed by atoms with E-state index in [1.165, 1.54) is 34.6 Å². The van der Waals surface area contributed by atoms with Crippen LogP contribution in [0.4, 0.5) is 0 Å². The molecule has 0 saturated heterocycles. The molecule has 0 heterocycles. The molecule has 125 valence electrons. The quantitative estimate of drug-likeness (QED) is 0.309. The van der Waals surface area contributed by atoms with E-state index < -0.39 is 39.4 Å². The second-order valence-electron chi connectivity index (χ2n) is 5.85. The van der Waals surface area contributed by atoms with Gasteiger partial charge in [0.15, 0.2) is 0 Å². The molecule has 0 spiro atoms. The van der Waals surface area contributed by atoms with Gasteiger partial charge in [0.1, 0.15) is 0 Å². The van der Waals surface area contributed by atoms with Crippen molar-refractivity contribution in [3.63, 3.8) is 0 Å². The van der Waals surface area contributed by atoms with Crippen LogP contribution in [0.25, 0.3) is 0 Å². The fourth-order valence-electron chi connectivity index (χ4n) is 2.61. The van der Waals surface area contributed by atoms with Gasteiger partial charge in [-0.25, -0.2) is 0 Å². The van der Waals surface area contributed by atoms with Crippen LogP contribution in [0, 0.1) is 0 Å². The number of rotatable bonds is 13. The van der Waals surface area contributed by atoms with E-state index in [0.717, 1.165) is 21.7 Å². The van der Waals surface area contributed by atoms with Gasteiger partial charge in [0, 0.05) is 0 Å². The first-order valence-electron chi connectivity index (χ1n) is 8.76. The summed E-state index contributed by atoms with van der Waals surface area (Å²) in [5.74, 6) is -0.110. The Morgan fingerprint density at radius 1 is 0.905 bits per heavy atom. The molecule has 3 nitrogen and oxygen atoms in total. The second kappa shape index (κ2) is 13.5. The summed E-state index contributed by atoms with van der Waals surface area (Å²) in [6, 6.07) is 0. The third-order valence-corrected chi connectivity index (χ3v) is 32.4. The minimum atomic E-state index is -3.14. The zero-order valence-corrected chi connectivity index (χ0v) is 20.5. The number of hydrogen-bond acceptors (Lipinski definition) is 3. The molecule has 0 aliphatic heterocycles. The average Bonchev–Trinajstić information content (AvgIpc) is 2.41. The Bertz CT molecular complexity index is 258. The molecule has 0 bridgehead atoms. The molecule has 0 fully saturated rings. The van der Waals surface area contributed by atoms with Gasteiger partial charge in [-0.2, -0.15) is 0 Å². The number of carbonyl (C=O) groups is 1. The van der Waals surface area contributed by atoms with Gasteiger partial charge >= 0.3 is 146 Å². The van der Waals surface area contributed by atoms with Gasteiger partial charge in [0.05, 0.1) is 0 Å². The van der Waals surface area contributed by atoms with Crippen LogP contribution >= 0.6 is 0 Å². The predicted octanol–water partition coefficient (Wildman–Crippen LogP) is 5.42. The summed E-state index contributed by atoms with van der Waals surface area (Å²) in [7, 11) is 0. The van der Waals surface area contributed by atoms with E-state index >= 15 is 0 Å². The molecule has 0 amide bonds. The molecule has 0 aromatic rings. The third kappa shape index (κ3) is 10.4. The number of unbranched alkanes of at least 4 members (excludes halogenated alkanes) is 2. The average molecular weight is 513 g/mol. The van der Waals surface area contributed by atoms with Crippen molar-refractivity contribution in [2.24, 2.45) is 0 Å². The van der Waals surface area contributed by atoms with Crippen LogP contribution in [0.2, 0.25) is 17.7 Å². The third-order valence-electron chi connectivity index (χ3n) is 3.54. The van der Waals surface area contributed by atoms with Crippen LogP contribution in [0.1, 0.15) is 73.1 Å². The molecule has 0 N–H and O–H groups in total. The van der Waals surface area contributed by atoms with Crippen molar-refractivity contribution in [1.82, 2.24) is 0 Å². The van der Waals surface area contributed by atoms with Gasteiger partial charge < -0.3 is 0 Å². The predicted molar refractivity (Wildman–Crippen MR) is 94.0 cm³/mol. The van der Waals surface area contributed by atoms with Crippen LogP contribution in [-0.2, 0) is 9.28 Å². The van der Waals surface area contributed by atoms with Gasteiger partial charge in [-0.15, -0.1) is 0 Å².